The van der Waals surface area contributed by atoms with Crippen molar-refractivity contribution < 1.29 is 17.5 Å². The van der Waals surface area contributed by atoms with Gasteiger partial charge in [0.1, 0.15) is 5.82 Å². The summed E-state index contributed by atoms with van der Waals surface area (Å²) in [6.45, 7) is 3.80. The molecule has 1 aromatic rings. The minimum Gasteiger partial charge on any atom is -0.378 e. The summed E-state index contributed by atoms with van der Waals surface area (Å²) >= 11 is 1.88. The van der Waals surface area contributed by atoms with E-state index in [-0.39, 0.29) is 18.5 Å². The smallest absolute Gasteiger partial charge is 0.235 e. The molecule has 0 amide bonds. The molecule has 0 aliphatic rings. The fourth-order valence-corrected chi connectivity index (χ4v) is 2.91. The maximum absolute atomic E-state index is 12.9. The van der Waals surface area contributed by atoms with E-state index in [2.05, 4.69) is 4.72 Å². The summed E-state index contributed by atoms with van der Waals surface area (Å²) in [5.41, 5.74) is 0.376. The van der Waals surface area contributed by atoms with Gasteiger partial charge in [-0.1, -0.05) is 0 Å². The zero-order valence-corrected chi connectivity index (χ0v) is 13.1. The molecule has 0 aromatic heterocycles. The van der Waals surface area contributed by atoms with Crippen LogP contribution in [-0.4, -0.2) is 26.9 Å². The van der Waals surface area contributed by atoms with Crippen LogP contribution < -0.4 is 4.72 Å². The number of ether oxygens (including phenoxy) is 1. The second-order valence-electron chi connectivity index (χ2n) is 3.96. The quantitative estimate of drug-likeness (QED) is 0.764. The van der Waals surface area contributed by atoms with E-state index < -0.39 is 15.8 Å². The fourth-order valence-electron chi connectivity index (χ4n) is 1.18. The SMILES string of the molecule is CC(C)OCCS(=O)(=O)Nc1ccc(F)cc1I. The van der Waals surface area contributed by atoms with Crippen LogP contribution >= 0.6 is 22.6 Å². The maximum atomic E-state index is 12.9. The average Bonchev–Trinajstić information content (AvgIpc) is 2.21. The molecular weight excluding hydrogens is 372 g/mol. The van der Waals surface area contributed by atoms with Gasteiger partial charge >= 0.3 is 0 Å². The third-order valence-electron chi connectivity index (χ3n) is 2.00. The van der Waals surface area contributed by atoms with Crippen LogP contribution in [0.1, 0.15) is 13.8 Å². The number of hydrogen-bond donors (Lipinski definition) is 1. The molecular formula is C11H15FINO3S. The van der Waals surface area contributed by atoms with E-state index in [1.54, 1.807) is 0 Å². The van der Waals surface area contributed by atoms with Crippen LogP contribution in [-0.2, 0) is 14.8 Å². The molecule has 7 heteroatoms. The van der Waals surface area contributed by atoms with E-state index in [0.717, 1.165) is 0 Å². The third-order valence-corrected chi connectivity index (χ3v) is 4.13. The lowest BCUT2D eigenvalue weighted by Crippen LogP contribution is -2.22. The molecule has 0 saturated carbocycles. The molecule has 1 N–H and O–H groups in total. The highest BCUT2D eigenvalue weighted by Gasteiger charge is 2.13. The maximum Gasteiger partial charge on any atom is 0.235 e. The van der Waals surface area contributed by atoms with Gasteiger partial charge in [0.15, 0.2) is 0 Å². The summed E-state index contributed by atoms with van der Waals surface area (Å²) in [5.74, 6) is -0.524. The van der Waals surface area contributed by atoms with Crippen molar-refractivity contribution in [2.45, 2.75) is 20.0 Å². The number of nitrogens with one attached hydrogen (secondary N) is 1. The first-order valence-corrected chi connectivity index (χ1v) is 8.10. The second kappa shape index (κ2) is 6.67. The molecule has 0 bridgehead atoms. The molecule has 102 valence electrons. The topological polar surface area (TPSA) is 55.4 Å². The Hall–Kier alpha value is -0.410. The average molecular weight is 387 g/mol. The van der Waals surface area contributed by atoms with Crippen molar-refractivity contribution in [2.75, 3.05) is 17.1 Å². The molecule has 0 fully saturated rings. The highest BCUT2D eigenvalue weighted by atomic mass is 127. The summed E-state index contributed by atoms with van der Waals surface area (Å²) in [6, 6.07) is 3.88. The predicted octanol–water partition coefficient (Wildman–Crippen LogP) is 2.60. The molecule has 1 aromatic carbocycles. The monoisotopic (exact) mass is 387 g/mol. The van der Waals surface area contributed by atoms with Crippen molar-refractivity contribution in [3.05, 3.63) is 27.6 Å². The first-order chi connectivity index (χ1) is 8.30. The van der Waals surface area contributed by atoms with Gasteiger partial charge < -0.3 is 4.74 Å². The number of anilines is 1. The molecule has 4 nitrogen and oxygen atoms in total. The van der Waals surface area contributed by atoms with Gasteiger partial charge in [0.05, 0.1) is 24.2 Å². The lowest BCUT2D eigenvalue weighted by Gasteiger charge is -2.11. The Morgan fingerprint density at radius 2 is 2.11 bits per heavy atom. The second-order valence-corrected chi connectivity index (χ2v) is 6.97. The van der Waals surface area contributed by atoms with Gasteiger partial charge in [-0.05, 0) is 54.6 Å². The largest absolute Gasteiger partial charge is 0.378 e. The van der Waals surface area contributed by atoms with Crippen molar-refractivity contribution in [3.63, 3.8) is 0 Å². The van der Waals surface area contributed by atoms with Gasteiger partial charge in [0, 0.05) is 3.57 Å². The molecule has 0 saturated heterocycles. The Bertz CT molecular complexity index is 505. The number of hydrogen-bond acceptors (Lipinski definition) is 3. The van der Waals surface area contributed by atoms with Gasteiger partial charge in [-0.3, -0.25) is 4.72 Å². The van der Waals surface area contributed by atoms with Gasteiger partial charge in [-0.2, -0.15) is 0 Å². The van der Waals surface area contributed by atoms with E-state index >= 15 is 0 Å². The Morgan fingerprint density at radius 3 is 2.67 bits per heavy atom. The standard InChI is InChI=1S/C11H15FINO3S/c1-8(2)17-5-6-18(15,16)14-11-4-3-9(12)7-10(11)13/h3-4,7-8,14H,5-6H2,1-2H3. The van der Waals surface area contributed by atoms with Gasteiger partial charge in [0.2, 0.25) is 10.0 Å². The van der Waals surface area contributed by atoms with Gasteiger partial charge in [0.25, 0.3) is 0 Å². The molecule has 18 heavy (non-hydrogen) atoms. The summed E-state index contributed by atoms with van der Waals surface area (Å²) < 4.78 is 44.4. The lowest BCUT2D eigenvalue weighted by molar-refractivity contribution is 0.0913. The Balaban J connectivity index is 2.65. The van der Waals surface area contributed by atoms with Crippen molar-refractivity contribution >= 4 is 38.3 Å². The molecule has 0 radical (unpaired) electrons. The third kappa shape index (κ3) is 5.49. The molecule has 1 rings (SSSR count). The van der Waals surface area contributed by atoms with Gasteiger partial charge in [-0.25, -0.2) is 12.8 Å². The van der Waals surface area contributed by atoms with E-state index in [9.17, 15) is 12.8 Å². The highest BCUT2D eigenvalue weighted by Crippen LogP contribution is 2.20. The fraction of sp³-hybridized carbons (Fsp3) is 0.455. The molecule has 0 heterocycles. The van der Waals surface area contributed by atoms with E-state index in [0.29, 0.717) is 9.26 Å². The molecule has 0 aliphatic heterocycles. The zero-order chi connectivity index (χ0) is 13.8. The Kier molecular flexibility index (Phi) is 5.80. The number of rotatable bonds is 6. The Morgan fingerprint density at radius 1 is 1.44 bits per heavy atom. The van der Waals surface area contributed by atoms with E-state index in [1.165, 1.54) is 18.2 Å². The minimum absolute atomic E-state index is 0.00819. The highest BCUT2D eigenvalue weighted by molar-refractivity contribution is 14.1. The van der Waals surface area contributed by atoms with Crippen LogP contribution in [0.5, 0.6) is 0 Å². The summed E-state index contributed by atoms with van der Waals surface area (Å²) in [5, 5.41) is 0. The summed E-state index contributed by atoms with van der Waals surface area (Å²) in [4.78, 5) is 0. The minimum atomic E-state index is -3.47. The van der Waals surface area contributed by atoms with Crippen LogP contribution in [0.25, 0.3) is 0 Å². The zero-order valence-electron chi connectivity index (χ0n) is 10.1. The number of sulfonamides is 1. The van der Waals surface area contributed by atoms with Crippen LogP contribution in [0.15, 0.2) is 18.2 Å². The van der Waals surface area contributed by atoms with Crippen molar-refractivity contribution in [1.82, 2.24) is 0 Å². The molecule has 0 spiro atoms. The van der Waals surface area contributed by atoms with Crippen LogP contribution in [0.3, 0.4) is 0 Å². The van der Waals surface area contributed by atoms with Crippen molar-refractivity contribution in [2.24, 2.45) is 0 Å². The first kappa shape index (κ1) is 15.6. The molecule has 0 unspecified atom stereocenters. The summed E-state index contributed by atoms with van der Waals surface area (Å²) in [7, 11) is -3.47. The van der Waals surface area contributed by atoms with Crippen molar-refractivity contribution in [1.29, 1.82) is 0 Å². The molecule has 0 atom stereocenters. The van der Waals surface area contributed by atoms with E-state index in [4.69, 9.17) is 4.74 Å². The normalized spacial score (nSPS) is 11.8. The number of halogens is 2. The first-order valence-electron chi connectivity index (χ1n) is 5.37. The lowest BCUT2D eigenvalue weighted by atomic mass is 10.3. The van der Waals surface area contributed by atoms with E-state index in [1.807, 2.05) is 36.4 Å². The van der Waals surface area contributed by atoms with Crippen LogP contribution in [0.4, 0.5) is 10.1 Å². The predicted molar refractivity (Wildman–Crippen MR) is 77.6 cm³/mol. The van der Waals surface area contributed by atoms with Crippen LogP contribution in [0, 0.1) is 9.39 Å². The molecule has 0 aliphatic carbocycles. The van der Waals surface area contributed by atoms with Crippen LogP contribution in [0.2, 0.25) is 0 Å². The number of benzene rings is 1. The Labute approximate surface area is 120 Å². The van der Waals surface area contributed by atoms with Crippen molar-refractivity contribution in [3.8, 4) is 0 Å². The van der Waals surface area contributed by atoms with Gasteiger partial charge in [-0.15, -0.1) is 0 Å². The summed E-state index contributed by atoms with van der Waals surface area (Å²) in [6.07, 6.45) is -0.00819.